The molecule has 2 aromatic heterocycles. The van der Waals surface area contributed by atoms with Gasteiger partial charge in [0.2, 0.25) is 11.8 Å². The molecule has 0 aromatic carbocycles. The van der Waals surface area contributed by atoms with Gasteiger partial charge in [-0.3, -0.25) is 19.5 Å². The van der Waals surface area contributed by atoms with Crippen LogP contribution in [0, 0.1) is 6.92 Å². The minimum Gasteiger partial charge on any atom is -0.490 e. The van der Waals surface area contributed by atoms with Crippen molar-refractivity contribution in [2.45, 2.75) is 25.9 Å². The Morgan fingerprint density at radius 1 is 1.44 bits per heavy atom. The largest absolute Gasteiger partial charge is 0.490 e. The maximum atomic E-state index is 12.3. The second-order valence-corrected chi connectivity index (χ2v) is 6.38. The Hall–Kier alpha value is -2.87. The SMILES string of the molecule is Cc1ccc(CN2CCNC(=O)C2CC(=O)NCCOc2cccnc2)o1. The van der Waals surface area contributed by atoms with E-state index in [9.17, 15) is 9.59 Å². The summed E-state index contributed by atoms with van der Waals surface area (Å²) in [7, 11) is 0. The molecule has 1 atom stereocenters. The number of carbonyl (C=O) groups excluding carboxylic acids is 2. The number of aryl methyl sites for hydroxylation is 1. The van der Waals surface area contributed by atoms with Crippen molar-refractivity contribution >= 4 is 11.8 Å². The van der Waals surface area contributed by atoms with Crippen LogP contribution in [0.5, 0.6) is 5.75 Å². The van der Waals surface area contributed by atoms with E-state index in [0.717, 1.165) is 11.5 Å². The van der Waals surface area contributed by atoms with Crippen LogP contribution in [0.25, 0.3) is 0 Å². The van der Waals surface area contributed by atoms with Gasteiger partial charge in [-0.1, -0.05) is 0 Å². The van der Waals surface area contributed by atoms with Gasteiger partial charge in [-0.05, 0) is 31.2 Å². The smallest absolute Gasteiger partial charge is 0.237 e. The van der Waals surface area contributed by atoms with Gasteiger partial charge < -0.3 is 19.8 Å². The highest BCUT2D eigenvalue weighted by atomic mass is 16.5. The molecule has 2 N–H and O–H groups in total. The lowest BCUT2D eigenvalue weighted by Crippen LogP contribution is -2.56. The molecule has 0 spiro atoms. The van der Waals surface area contributed by atoms with Crippen molar-refractivity contribution in [3.05, 3.63) is 48.2 Å². The molecule has 27 heavy (non-hydrogen) atoms. The van der Waals surface area contributed by atoms with Gasteiger partial charge >= 0.3 is 0 Å². The van der Waals surface area contributed by atoms with Crippen molar-refractivity contribution < 1.29 is 18.7 Å². The Labute approximate surface area is 157 Å². The van der Waals surface area contributed by atoms with E-state index >= 15 is 0 Å². The number of piperazine rings is 1. The Morgan fingerprint density at radius 2 is 2.33 bits per heavy atom. The average Bonchev–Trinajstić information content (AvgIpc) is 3.07. The quantitative estimate of drug-likeness (QED) is 0.668. The first-order valence-electron chi connectivity index (χ1n) is 8.98. The lowest BCUT2D eigenvalue weighted by atomic mass is 10.1. The number of furan rings is 1. The summed E-state index contributed by atoms with van der Waals surface area (Å²) in [5, 5.41) is 5.62. The van der Waals surface area contributed by atoms with Crippen LogP contribution in [0.2, 0.25) is 0 Å². The van der Waals surface area contributed by atoms with Gasteiger partial charge in [-0.15, -0.1) is 0 Å². The van der Waals surface area contributed by atoms with Crippen molar-refractivity contribution in [1.82, 2.24) is 20.5 Å². The van der Waals surface area contributed by atoms with Crippen LogP contribution in [-0.4, -0.2) is 54.0 Å². The van der Waals surface area contributed by atoms with Crippen LogP contribution in [0.15, 0.2) is 41.1 Å². The number of aromatic nitrogens is 1. The molecule has 8 heteroatoms. The van der Waals surface area contributed by atoms with Crippen LogP contribution >= 0.6 is 0 Å². The molecule has 1 unspecified atom stereocenters. The third kappa shape index (κ3) is 5.55. The van der Waals surface area contributed by atoms with Gasteiger partial charge in [-0.25, -0.2) is 0 Å². The molecule has 0 radical (unpaired) electrons. The summed E-state index contributed by atoms with van der Waals surface area (Å²) in [5.41, 5.74) is 0. The molecule has 1 fully saturated rings. The minimum absolute atomic E-state index is 0.0957. The van der Waals surface area contributed by atoms with Crippen molar-refractivity contribution in [1.29, 1.82) is 0 Å². The number of ether oxygens (including phenoxy) is 1. The Morgan fingerprint density at radius 3 is 3.07 bits per heavy atom. The summed E-state index contributed by atoms with van der Waals surface area (Å²) in [6.07, 6.45) is 3.38. The van der Waals surface area contributed by atoms with E-state index < -0.39 is 6.04 Å². The third-order valence-electron chi connectivity index (χ3n) is 4.30. The standard InChI is InChI=1S/C19H24N4O4/c1-14-4-5-16(27-14)13-23-9-7-22-19(25)17(23)11-18(24)21-8-10-26-15-3-2-6-20-12-15/h2-6,12,17H,7-11,13H2,1H3,(H,21,24)(H,22,25). The van der Waals surface area contributed by atoms with E-state index in [-0.39, 0.29) is 18.2 Å². The van der Waals surface area contributed by atoms with E-state index in [2.05, 4.69) is 15.6 Å². The van der Waals surface area contributed by atoms with Gasteiger partial charge in [0.1, 0.15) is 23.9 Å². The fraction of sp³-hybridized carbons (Fsp3) is 0.421. The molecule has 1 aliphatic rings. The zero-order valence-corrected chi connectivity index (χ0v) is 15.3. The number of pyridine rings is 1. The monoisotopic (exact) mass is 372 g/mol. The second-order valence-electron chi connectivity index (χ2n) is 6.38. The van der Waals surface area contributed by atoms with Crippen molar-refractivity contribution in [2.24, 2.45) is 0 Å². The van der Waals surface area contributed by atoms with E-state index in [1.807, 2.05) is 24.0 Å². The number of amides is 2. The highest BCUT2D eigenvalue weighted by Crippen LogP contribution is 2.15. The number of nitrogens with zero attached hydrogens (tertiary/aromatic N) is 2. The van der Waals surface area contributed by atoms with Gasteiger partial charge in [-0.2, -0.15) is 0 Å². The first-order chi connectivity index (χ1) is 13.1. The van der Waals surface area contributed by atoms with E-state index in [1.165, 1.54) is 0 Å². The molecule has 3 heterocycles. The number of rotatable bonds is 8. The molecule has 8 nitrogen and oxygen atoms in total. The summed E-state index contributed by atoms with van der Waals surface area (Å²) in [6, 6.07) is 6.86. The van der Waals surface area contributed by atoms with Gasteiger partial charge in [0, 0.05) is 19.3 Å². The highest BCUT2D eigenvalue weighted by molar-refractivity contribution is 5.88. The van der Waals surface area contributed by atoms with Crippen molar-refractivity contribution in [3.63, 3.8) is 0 Å². The molecule has 0 bridgehead atoms. The lowest BCUT2D eigenvalue weighted by Gasteiger charge is -2.34. The second kappa shape index (κ2) is 9.18. The minimum atomic E-state index is -0.511. The van der Waals surface area contributed by atoms with Gasteiger partial charge in [0.25, 0.3) is 0 Å². The maximum absolute atomic E-state index is 12.3. The first-order valence-corrected chi connectivity index (χ1v) is 8.98. The molecule has 1 aliphatic heterocycles. The van der Waals surface area contributed by atoms with E-state index in [1.54, 1.807) is 24.5 Å². The van der Waals surface area contributed by atoms with E-state index in [0.29, 0.717) is 38.5 Å². The lowest BCUT2D eigenvalue weighted by molar-refractivity contribution is -0.134. The number of carbonyl (C=O) groups is 2. The Kier molecular flexibility index (Phi) is 6.43. The summed E-state index contributed by atoms with van der Waals surface area (Å²) in [4.78, 5) is 30.5. The summed E-state index contributed by atoms with van der Waals surface area (Å²) < 4.78 is 11.1. The predicted molar refractivity (Wildman–Crippen MR) is 98.0 cm³/mol. The molecule has 0 saturated carbocycles. The zero-order chi connectivity index (χ0) is 19.1. The zero-order valence-electron chi connectivity index (χ0n) is 15.3. The normalized spacial score (nSPS) is 17.4. The van der Waals surface area contributed by atoms with Gasteiger partial charge in [0.05, 0.1) is 31.7 Å². The highest BCUT2D eigenvalue weighted by Gasteiger charge is 2.32. The number of hydrogen-bond donors (Lipinski definition) is 2. The van der Waals surface area contributed by atoms with Crippen molar-refractivity contribution in [2.75, 3.05) is 26.2 Å². The average molecular weight is 372 g/mol. The Balaban J connectivity index is 1.47. The van der Waals surface area contributed by atoms with Crippen molar-refractivity contribution in [3.8, 4) is 5.75 Å². The molecular formula is C19H24N4O4. The molecular weight excluding hydrogens is 348 g/mol. The van der Waals surface area contributed by atoms with Crippen LogP contribution in [0.3, 0.4) is 0 Å². The molecule has 0 aliphatic carbocycles. The van der Waals surface area contributed by atoms with Crippen LogP contribution in [0.4, 0.5) is 0 Å². The summed E-state index contributed by atoms with van der Waals surface area (Å²) in [5.74, 6) is 1.95. The van der Waals surface area contributed by atoms with Crippen LogP contribution in [0.1, 0.15) is 17.9 Å². The molecule has 1 saturated heterocycles. The number of hydrogen-bond acceptors (Lipinski definition) is 6. The Bertz CT molecular complexity index is 762. The molecule has 3 rings (SSSR count). The fourth-order valence-corrected chi connectivity index (χ4v) is 2.98. The topological polar surface area (TPSA) is 96.7 Å². The van der Waals surface area contributed by atoms with E-state index in [4.69, 9.17) is 9.15 Å². The first kappa shape index (κ1) is 18.9. The maximum Gasteiger partial charge on any atom is 0.237 e. The fourth-order valence-electron chi connectivity index (χ4n) is 2.98. The van der Waals surface area contributed by atoms with Crippen LogP contribution in [-0.2, 0) is 16.1 Å². The molecule has 144 valence electrons. The van der Waals surface area contributed by atoms with Gasteiger partial charge in [0.15, 0.2) is 0 Å². The number of nitrogens with one attached hydrogen (secondary N) is 2. The molecule has 2 amide bonds. The summed E-state index contributed by atoms with van der Waals surface area (Å²) >= 11 is 0. The predicted octanol–water partition coefficient (Wildman–Crippen LogP) is 0.869. The summed E-state index contributed by atoms with van der Waals surface area (Å²) in [6.45, 7) is 4.32. The third-order valence-corrected chi connectivity index (χ3v) is 4.30. The van der Waals surface area contributed by atoms with Crippen LogP contribution < -0.4 is 15.4 Å². The molecule has 2 aromatic rings.